The Bertz CT molecular complexity index is 1350. The van der Waals surface area contributed by atoms with Gasteiger partial charge in [-0.2, -0.15) is 0 Å². The standard InChI is InChI=1S/C24H21ClFN5OS/c1-14-10-19(15(2)30(14)18-7-8-21(26)20(25)11-18)22(32)13-33-24-29-28-23(31(24)17-5-6-17)16-4-3-9-27-12-16/h3-4,7-12,17H,5-6,13H2,1-2H3. The predicted molar refractivity (Wildman–Crippen MR) is 127 cm³/mol. The Balaban J connectivity index is 1.38. The van der Waals surface area contributed by atoms with Crippen LogP contribution in [0.4, 0.5) is 4.39 Å². The van der Waals surface area contributed by atoms with Gasteiger partial charge in [-0.15, -0.1) is 10.2 Å². The second-order valence-corrected chi connectivity index (χ2v) is 9.43. The maximum atomic E-state index is 13.6. The molecule has 0 atom stereocenters. The predicted octanol–water partition coefficient (Wildman–Crippen LogP) is 5.85. The van der Waals surface area contributed by atoms with Crippen LogP contribution in [-0.2, 0) is 0 Å². The summed E-state index contributed by atoms with van der Waals surface area (Å²) in [5, 5.41) is 9.54. The molecule has 1 aromatic carbocycles. The number of Topliss-reactive ketones (excluding diaryl/α,β-unsaturated/α-hetero) is 1. The number of rotatable bonds is 7. The highest BCUT2D eigenvalue weighted by atomic mass is 35.5. The number of halogens is 2. The lowest BCUT2D eigenvalue weighted by atomic mass is 10.2. The molecule has 4 aromatic rings. The molecule has 0 aliphatic heterocycles. The van der Waals surface area contributed by atoms with Gasteiger partial charge >= 0.3 is 0 Å². The lowest BCUT2D eigenvalue weighted by Crippen LogP contribution is -2.07. The van der Waals surface area contributed by atoms with Crippen LogP contribution in [-0.4, -0.2) is 35.9 Å². The SMILES string of the molecule is Cc1cc(C(=O)CSc2nnc(-c3cccnc3)n2C2CC2)c(C)n1-c1ccc(F)c(Cl)c1. The minimum absolute atomic E-state index is 0.000772. The summed E-state index contributed by atoms with van der Waals surface area (Å²) in [7, 11) is 0. The van der Waals surface area contributed by atoms with Crippen molar-refractivity contribution in [1.29, 1.82) is 0 Å². The van der Waals surface area contributed by atoms with Crippen molar-refractivity contribution in [2.24, 2.45) is 0 Å². The molecule has 3 aromatic heterocycles. The van der Waals surface area contributed by atoms with Crippen molar-refractivity contribution in [2.45, 2.75) is 37.9 Å². The number of pyridine rings is 1. The Labute approximate surface area is 199 Å². The zero-order valence-corrected chi connectivity index (χ0v) is 19.7. The molecule has 168 valence electrons. The number of aromatic nitrogens is 5. The van der Waals surface area contributed by atoms with Crippen LogP contribution >= 0.6 is 23.4 Å². The van der Waals surface area contributed by atoms with Gasteiger partial charge in [0.25, 0.3) is 0 Å². The van der Waals surface area contributed by atoms with E-state index in [4.69, 9.17) is 11.6 Å². The van der Waals surface area contributed by atoms with Gasteiger partial charge in [-0.1, -0.05) is 23.4 Å². The van der Waals surface area contributed by atoms with Gasteiger partial charge in [0.05, 0.1) is 10.8 Å². The van der Waals surface area contributed by atoms with E-state index in [2.05, 4.69) is 19.7 Å². The smallest absolute Gasteiger partial charge is 0.192 e. The molecule has 0 spiro atoms. The first-order chi connectivity index (χ1) is 15.9. The molecule has 0 unspecified atom stereocenters. The van der Waals surface area contributed by atoms with Crippen molar-refractivity contribution in [1.82, 2.24) is 24.3 Å². The normalized spacial score (nSPS) is 13.5. The van der Waals surface area contributed by atoms with Crippen molar-refractivity contribution < 1.29 is 9.18 Å². The third kappa shape index (κ3) is 4.20. The van der Waals surface area contributed by atoms with Gasteiger partial charge in [0.2, 0.25) is 0 Å². The lowest BCUT2D eigenvalue weighted by molar-refractivity contribution is 0.102. The highest BCUT2D eigenvalue weighted by molar-refractivity contribution is 7.99. The highest BCUT2D eigenvalue weighted by Gasteiger charge is 2.30. The maximum absolute atomic E-state index is 13.6. The fourth-order valence-corrected chi connectivity index (χ4v) is 5.07. The Kier molecular flexibility index (Phi) is 5.80. The molecule has 0 bridgehead atoms. The second-order valence-electron chi connectivity index (χ2n) is 8.08. The first-order valence-corrected chi connectivity index (χ1v) is 12.0. The number of aryl methyl sites for hydroxylation is 1. The Hall–Kier alpha value is -2.97. The fourth-order valence-electron chi connectivity index (χ4n) is 4.00. The number of ketones is 1. The van der Waals surface area contributed by atoms with Crippen molar-refractivity contribution in [3.63, 3.8) is 0 Å². The van der Waals surface area contributed by atoms with Gasteiger partial charge in [-0.3, -0.25) is 14.3 Å². The largest absolute Gasteiger partial charge is 0.318 e. The van der Waals surface area contributed by atoms with E-state index in [1.165, 1.54) is 17.8 Å². The van der Waals surface area contributed by atoms with Crippen LogP contribution in [0.15, 0.2) is 53.9 Å². The minimum atomic E-state index is -0.471. The number of carbonyl (C=O) groups is 1. The quantitative estimate of drug-likeness (QED) is 0.245. The van der Waals surface area contributed by atoms with Crippen LogP contribution < -0.4 is 0 Å². The van der Waals surface area contributed by atoms with Crippen LogP contribution in [0.3, 0.4) is 0 Å². The van der Waals surface area contributed by atoms with Gasteiger partial charge in [0.1, 0.15) is 5.82 Å². The number of nitrogens with zero attached hydrogens (tertiary/aromatic N) is 5. The average molecular weight is 482 g/mol. The van der Waals surface area contributed by atoms with Crippen LogP contribution in [0.2, 0.25) is 5.02 Å². The molecule has 1 aliphatic rings. The van der Waals surface area contributed by atoms with Gasteiger partial charge < -0.3 is 4.57 Å². The van der Waals surface area contributed by atoms with Crippen LogP contribution in [0, 0.1) is 19.7 Å². The number of hydrogen-bond donors (Lipinski definition) is 0. The van der Waals surface area contributed by atoms with Gasteiger partial charge in [0.15, 0.2) is 16.8 Å². The van der Waals surface area contributed by atoms with Gasteiger partial charge in [-0.25, -0.2) is 4.39 Å². The zero-order chi connectivity index (χ0) is 23.1. The summed E-state index contributed by atoms with van der Waals surface area (Å²) in [6.45, 7) is 3.80. The van der Waals surface area contributed by atoms with Crippen LogP contribution in [0.1, 0.15) is 40.6 Å². The molecule has 33 heavy (non-hydrogen) atoms. The summed E-state index contributed by atoms with van der Waals surface area (Å²) in [6, 6.07) is 10.6. The molecule has 0 amide bonds. The highest BCUT2D eigenvalue weighted by Crippen LogP contribution is 2.41. The Morgan fingerprint density at radius 2 is 2.03 bits per heavy atom. The number of benzene rings is 1. The number of hydrogen-bond acceptors (Lipinski definition) is 5. The second kappa shape index (κ2) is 8.76. The monoisotopic (exact) mass is 481 g/mol. The van der Waals surface area contributed by atoms with Gasteiger partial charge in [-0.05, 0) is 63.1 Å². The number of carbonyl (C=O) groups excluding carboxylic acids is 1. The third-order valence-corrected chi connectivity index (χ3v) is 6.95. The van der Waals surface area contributed by atoms with Crippen molar-refractivity contribution >= 4 is 29.1 Å². The van der Waals surface area contributed by atoms with Gasteiger partial charge in [0, 0.05) is 46.6 Å². The van der Waals surface area contributed by atoms with Crippen molar-refractivity contribution in [3.8, 4) is 17.1 Å². The van der Waals surface area contributed by atoms with E-state index in [0.717, 1.165) is 46.5 Å². The molecule has 1 aliphatic carbocycles. The molecule has 3 heterocycles. The van der Waals surface area contributed by atoms with E-state index in [1.807, 2.05) is 36.6 Å². The molecular formula is C24H21ClFN5OS. The van der Waals surface area contributed by atoms with E-state index in [1.54, 1.807) is 24.5 Å². The average Bonchev–Trinajstić information content (AvgIpc) is 3.49. The molecular weight excluding hydrogens is 461 g/mol. The van der Waals surface area contributed by atoms with E-state index in [9.17, 15) is 9.18 Å². The Morgan fingerprint density at radius 3 is 2.73 bits per heavy atom. The summed E-state index contributed by atoms with van der Waals surface area (Å²) < 4.78 is 17.6. The van der Waals surface area contributed by atoms with Crippen LogP contribution in [0.5, 0.6) is 0 Å². The fraction of sp³-hybridized carbons (Fsp3) is 0.250. The first-order valence-electron chi connectivity index (χ1n) is 10.6. The molecule has 5 rings (SSSR count). The molecule has 0 radical (unpaired) electrons. The summed E-state index contributed by atoms with van der Waals surface area (Å²) >= 11 is 7.37. The summed E-state index contributed by atoms with van der Waals surface area (Å²) in [5.74, 6) is 0.556. The molecule has 9 heteroatoms. The van der Waals surface area contributed by atoms with E-state index in [0.29, 0.717) is 11.6 Å². The Morgan fingerprint density at radius 1 is 1.21 bits per heavy atom. The maximum Gasteiger partial charge on any atom is 0.192 e. The molecule has 1 fully saturated rings. The number of thioether (sulfide) groups is 1. The first kappa shape index (κ1) is 21.9. The van der Waals surface area contributed by atoms with E-state index in [-0.39, 0.29) is 16.6 Å². The molecule has 0 saturated heterocycles. The van der Waals surface area contributed by atoms with E-state index >= 15 is 0 Å². The summed E-state index contributed by atoms with van der Waals surface area (Å²) in [6.07, 6.45) is 5.66. The van der Waals surface area contributed by atoms with Crippen molar-refractivity contribution in [3.05, 3.63) is 76.6 Å². The zero-order valence-electron chi connectivity index (χ0n) is 18.1. The molecule has 1 saturated carbocycles. The van der Waals surface area contributed by atoms with Crippen molar-refractivity contribution in [2.75, 3.05) is 5.75 Å². The van der Waals surface area contributed by atoms with Crippen LogP contribution in [0.25, 0.3) is 17.1 Å². The third-order valence-electron chi connectivity index (χ3n) is 5.72. The minimum Gasteiger partial charge on any atom is -0.318 e. The topological polar surface area (TPSA) is 65.6 Å². The summed E-state index contributed by atoms with van der Waals surface area (Å²) in [5.41, 5.74) is 3.93. The molecule has 6 nitrogen and oxygen atoms in total. The van der Waals surface area contributed by atoms with E-state index < -0.39 is 5.82 Å². The lowest BCUT2D eigenvalue weighted by Gasteiger charge is -2.11. The summed E-state index contributed by atoms with van der Waals surface area (Å²) in [4.78, 5) is 17.3. The molecule has 0 N–H and O–H groups in total.